The van der Waals surface area contributed by atoms with Gasteiger partial charge >= 0.3 is 0 Å². The fourth-order valence-corrected chi connectivity index (χ4v) is 8.61. The third-order valence-corrected chi connectivity index (χ3v) is 11.0. The van der Waals surface area contributed by atoms with Crippen molar-refractivity contribution in [3.8, 4) is 0 Å². The first-order valence-electron chi connectivity index (χ1n) is 13.2. The van der Waals surface area contributed by atoms with Crippen molar-refractivity contribution >= 4 is 5.78 Å². The summed E-state index contributed by atoms with van der Waals surface area (Å²) in [5.41, 5.74) is 3.36. The van der Waals surface area contributed by atoms with Crippen LogP contribution in [0.1, 0.15) is 93.4 Å². The Kier molecular flexibility index (Phi) is 6.19. The molecule has 3 nitrogen and oxygen atoms in total. The molecule has 4 aliphatic rings. The Bertz CT molecular complexity index is 904. The van der Waals surface area contributed by atoms with Crippen molar-refractivity contribution < 1.29 is 15.0 Å². The molecular formula is C30H46O3. The highest BCUT2D eigenvalue weighted by molar-refractivity contribution is 5.86. The van der Waals surface area contributed by atoms with E-state index in [0.29, 0.717) is 24.0 Å². The van der Waals surface area contributed by atoms with E-state index in [9.17, 15) is 15.0 Å². The maximum Gasteiger partial charge on any atom is 0.138 e. The summed E-state index contributed by atoms with van der Waals surface area (Å²) in [7, 11) is 0. The maximum atomic E-state index is 12.8. The van der Waals surface area contributed by atoms with Gasteiger partial charge in [-0.2, -0.15) is 0 Å². The number of fused-ring (bicyclic) bond motifs is 5. The first-order valence-corrected chi connectivity index (χ1v) is 13.2. The van der Waals surface area contributed by atoms with Crippen molar-refractivity contribution in [3.63, 3.8) is 0 Å². The van der Waals surface area contributed by atoms with Crippen LogP contribution in [0.2, 0.25) is 0 Å². The lowest BCUT2D eigenvalue weighted by Crippen LogP contribution is -2.54. The molecule has 4 rings (SSSR count). The molecule has 0 aromatic rings. The summed E-state index contributed by atoms with van der Waals surface area (Å²) in [6.45, 7) is 15.8. The number of carbonyl (C=O) groups is 1. The predicted octanol–water partition coefficient (Wildman–Crippen LogP) is 6.41. The van der Waals surface area contributed by atoms with E-state index in [2.05, 4.69) is 66.7 Å². The molecule has 33 heavy (non-hydrogen) atoms. The van der Waals surface area contributed by atoms with Crippen LogP contribution in [0.15, 0.2) is 34.9 Å². The Hall–Kier alpha value is -1.19. The molecule has 0 spiro atoms. The Morgan fingerprint density at radius 3 is 2.48 bits per heavy atom. The van der Waals surface area contributed by atoms with E-state index in [1.807, 2.05) is 0 Å². The number of ketones is 1. The van der Waals surface area contributed by atoms with E-state index in [-0.39, 0.29) is 34.2 Å². The summed E-state index contributed by atoms with van der Waals surface area (Å²) >= 11 is 0. The summed E-state index contributed by atoms with van der Waals surface area (Å²) in [4.78, 5) is 12.8. The highest BCUT2D eigenvalue weighted by Gasteiger charge is 2.66. The first kappa shape index (κ1) is 24.9. The fourth-order valence-electron chi connectivity index (χ4n) is 8.61. The van der Waals surface area contributed by atoms with Crippen LogP contribution < -0.4 is 0 Å². The second kappa shape index (κ2) is 8.19. The van der Waals surface area contributed by atoms with Crippen molar-refractivity contribution in [3.05, 3.63) is 34.9 Å². The first-order chi connectivity index (χ1) is 15.3. The molecule has 2 fully saturated rings. The van der Waals surface area contributed by atoms with E-state index < -0.39 is 6.10 Å². The van der Waals surface area contributed by atoms with Gasteiger partial charge in [0.15, 0.2) is 0 Å². The topological polar surface area (TPSA) is 57.5 Å². The minimum atomic E-state index is -0.404. The Balaban J connectivity index is 1.73. The number of allylic oxidation sites excluding steroid dienone is 5. The third-order valence-electron chi connectivity index (χ3n) is 11.0. The average molecular weight is 455 g/mol. The predicted molar refractivity (Wildman–Crippen MR) is 135 cm³/mol. The average Bonchev–Trinajstić information content (AvgIpc) is 2.95. The monoisotopic (exact) mass is 454 g/mol. The van der Waals surface area contributed by atoms with Crippen molar-refractivity contribution in [2.24, 2.45) is 39.4 Å². The van der Waals surface area contributed by atoms with Gasteiger partial charge in [0, 0.05) is 23.9 Å². The van der Waals surface area contributed by atoms with E-state index in [0.717, 1.165) is 38.5 Å². The lowest BCUT2D eigenvalue weighted by molar-refractivity contribution is -0.138. The Labute approximate surface area is 201 Å². The maximum absolute atomic E-state index is 12.8. The molecule has 4 aliphatic carbocycles. The molecule has 0 aliphatic heterocycles. The van der Waals surface area contributed by atoms with Gasteiger partial charge in [-0.3, -0.25) is 4.79 Å². The fraction of sp³-hybridized carbons (Fsp3) is 0.767. The molecule has 0 radical (unpaired) electrons. The molecule has 3 heteroatoms. The Morgan fingerprint density at radius 1 is 1.15 bits per heavy atom. The van der Waals surface area contributed by atoms with Crippen LogP contribution in [-0.2, 0) is 4.79 Å². The van der Waals surface area contributed by atoms with Crippen LogP contribution in [0.5, 0.6) is 0 Å². The number of aliphatic hydroxyl groups excluding tert-OH is 2. The smallest absolute Gasteiger partial charge is 0.138 e. The van der Waals surface area contributed by atoms with E-state index >= 15 is 0 Å². The standard InChI is InChI=1S/C30H46O3/c1-19(2)9-8-10-20(18-31)23-17-26(33)30(7)22-11-12-24-27(3,4)25(32)14-15-28(24,5)21(22)13-16-29(23,30)6/h9,11,13,20,23-24,26,31,33H,8,10,12,14-18H2,1-7H3/t20-,23+,24+,26-,28+,29+,30+/m0/s1. The lowest BCUT2D eigenvalue weighted by atomic mass is 9.44. The normalized spacial score (nSPS) is 42.5. The molecule has 0 aromatic carbocycles. The van der Waals surface area contributed by atoms with E-state index in [1.165, 1.54) is 16.7 Å². The van der Waals surface area contributed by atoms with Gasteiger partial charge < -0.3 is 10.2 Å². The molecule has 0 unspecified atom stereocenters. The number of Topliss-reactive ketones (excluding diaryl/α,β-unsaturated/α-hetero) is 1. The van der Waals surface area contributed by atoms with Crippen LogP contribution in [0.4, 0.5) is 0 Å². The largest absolute Gasteiger partial charge is 0.396 e. The summed E-state index contributed by atoms with van der Waals surface area (Å²) in [6.07, 6.45) is 12.9. The van der Waals surface area contributed by atoms with Gasteiger partial charge in [-0.05, 0) is 92.1 Å². The highest BCUT2D eigenvalue weighted by Crippen LogP contribution is 2.71. The number of rotatable bonds is 5. The molecule has 0 heterocycles. The number of aliphatic hydroxyl groups is 2. The van der Waals surface area contributed by atoms with Gasteiger partial charge in [0.25, 0.3) is 0 Å². The van der Waals surface area contributed by atoms with Crippen molar-refractivity contribution in [2.45, 2.75) is 99.5 Å². The highest BCUT2D eigenvalue weighted by atomic mass is 16.3. The van der Waals surface area contributed by atoms with Crippen molar-refractivity contribution in [2.75, 3.05) is 6.61 Å². The SMILES string of the molecule is CC(C)=CCC[C@@H](CO)[C@H]1C[C@H](O)[C@@]2(C)C3=CC[C@@H]4C(C)(C)C(=O)CC[C@]4(C)C3=CC[C@]12C. The molecule has 0 bridgehead atoms. The zero-order chi connectivity index (χ0) is 24.4. The quantitative estimate of drug-likeness (QED) is 0.472. The summed E-state index contributed by atoms with van der Waals surface area (Å²) in [5.74, 6) is 1.22. The molecule has 0 aromatic heterocycles. The second-order valence-electron chi connectivity index (χ2n) is 13.1. The van der Waals surface area contributed by atoms with Crippen LogP contribution in [0.25, 0.3) is 0 Å². The number of carbonyl (C=O) groups excluding carboxylic acids is 1. The number of hydrogen-bond acceptors (Lipinski definition) is 3. The van der Waals surface area contributed by atoms with E-state index in [1.54, 1.807) is 0 Å². The second-order valence-corrected chi connectivity index (χ2v) is 13.1. The Morgan fingerprint density at radius 2 is 1.85 bits per heavy atom. The molecule has 0 amide bonds. The van der Waals surface area contributed by atoms with Gasteiger partial charge in [0.1, 0.15) is 5.78 Å². The number of hydrogen-bond donors (Lipinski definition) is 2. The molecule has 2 N–H and O–H groups in total. The summed E-state index contributed by atoms with van der Waals surface area (Å²) < 4.78 is 0. The van der Waals surface area contributed by atoms with Crippen LogP contribution in [0.3, 0.4) is 0 Å². The molecule has 184 valence electrons. The van der Waals surface area contributed by atoms with Crippen LogP contribution in [-0.4, -0.2) is 28.7 Å². The van der Waals surface area contributed by atoms with Crippen LogP contribution in [0, 0.1) is 39.4 Å². The van der Waals surface area contributed by atoms with Gasteiger partial charge in [-0.25, -0.2) is 0 Å². The zero-order valence-corrected chi connectivity index (χ0v) is 22.0. The minimum absolute atomic E-state index is 0.0104. The molecule has 2 saturated carbocycles. The molecule has 7 atom stereocenters. The van der Waals surface area contributed by atoms with Crippen LogP contribution >= 0.6 is 0 Å². The van der Waals surface area contributed by atoms with Crippen molar-refractivity contribution in [1.82, 2.24) is 0 Å². The molecule has 0 saturated heterocycles. The van der Waals surface area contributed by atoms with E-state index in [4.69, 9.17) is 0 Å². The summed E-state index contributed by atoms with van der Waals surface area (Å²) in [5, 5.41) is 22.0. The van der Waals surface area contributed by atoms with Gasteiger partial charge in [-0.15, -0.1) is 0 Å². The van der Waals surface area contributed by atoms with Gasteiger partial charge in [0.2, 0.25) is 0 Å². The van der Waals surface area contributed by atoms with Gasteiger partial charge in [-0.1, -0.05) is 58.4 Å². The zero-order valence-electron chi connectivity index (χ0n) is 22.0. The minimum Gasteiger partial charge on any atom is -0.396 e. The molecular weight excluding hydrogens is 408 g/mol. The lowest BCUT2D eigenvalue weighted by Gasteiger charge is -2.60. The van der Waals surface area contributed by atoms with Crippen molar-refractivity contribution in [1.29, 1.82) is 0 Å². The third kappa shape index (κ3) is 3.39. The summed E-state index contributed by atoms with van der Waals surface area (Å²) in [6, 6.07) is 0. The van der Waals surface area contributed by atoms with Gasteiger partial charge in [0.05, 0.1) is 6.10 Å².